The molecule has 1 rings (SSSR count). The highest BCUT2D eigenvalue weighted by Gasteiger charge is 2.30. The first-order chi connectivity index (χ1) is 11.9. The van der Waals surface area contributed by atoms with Gasteiger partial charge < -0.3 is 9.84 Å². The number of carbonyl (C=O) groups is 2. The number of carboxylic acids is 1. The van der Waals surface area contributed by atoms with E-state index in [1.807, 2.05) is 0 Å². The molecule has 0 aliphatic carbocycles. The maximum atomic E-state index is 12.7. The van der Waals surface area contributed by atoms with Gasteiger partial charge in [0.25, 0.3) is 0 Å². The molecular weight excluding hydrogens is 353 g/mol. The van der Waals surface area contributed by atoms with Crippen molar-refractivity contribution in [3.63, 3.8) is 0 Å². The Morgan fingerprint density at radius 3 is 2.42 bits per heavy atom. The molecule has 3 N–H and O–H groups in total. The van der Waals surface area contributed by atoms with E-state index in [-0.39, 0.29) is 12.8 Å². The fourth-order valence-electron chi connectivity index (χ4n) is 2.12. The molecule has 0 radical (unpaired) electrons. The summed E-state index contributed by atoms with van der Waals surface area (Å²) in [6.07, 6.45) is -4.52. The number of hydrogen-bond donors (Lipinski definition) is 3. The van der Waals surface area contributed by atoms with Gasteiger partial charge in [-0.05, 0) is 51.7 Å². The van der Waals surface area contributed by atoms with Crippen molar-refractivity contribution in [3.05, 3.63) is 35.4 Å². The van der Waals surface area contributed by atoms with E-state index in [0.29, 0.717) is 12.0 Å². The number of aryl methyl sites for hydroxylation is 1. The molecule has 0 fully saturated rings. The molecule has 6 nitrogen and oxygen atoms in total. The molecule has 0 saturated carbocycles. The average Bonchev–Trinajstić information content (AvgIpc) is 2.48. The van der Waals surface area contributed by atoms with Gasteiger partial charge in [0, 0.05) is 0 Å². The highest BCUT2D eigenvalue weighted by molar-refractivity contribution is 5.74. The standard InChI is InChI=1S/C17H23F3N2O4/c1-16(2,3)26-15(25)22-21-13(14(23)24)9-5-7-11-6-4-8-12(10-11)17(18,19)20/h4,6,8,10,13,21H,5,7,9H2,1-3H3,(H,22,25)(H,23,24). The van der Waals surface area contributed by atoms with Crippen LogP contribution >= 0.6 is 0 Å². The first kappa shape index (κ1) is 21.8. The fraction of sp³-hybridized carbons (Fsp3) is 0.529. The van der Waals surface area contributed by atoms with Gasteiger partial charge in [-0.1, -0.05) is 18.2 Å². The number of hydrogen-bond acceptors (Lipinski definition) is 4. The van der Waals surface area contributed by atoms with Gasteiger partial charge in [-0.15, -0.1) is 0 Å². The average molecular weight is 376 g/mol. The van der Waals surface area contributed by atoms with Crippen LogP contribution in [0.15, 0.2) is 24.3 Å². The van der Waals surface area contributed by atoms with E-state index in [9.17, 15) is 22.8 Å². The molecule has 0 bridgehead atoms. The fourth-order valence-corrected chi connectivity index (χ4v) is 2.12. The summed E-state index contributed by atoms with van der Waals surface area (Å²) in [5.74, 6) is -1.19. The van der Waals surface area contributed by atoms with E-state index < -0.39 is 35.4 Å². The van der Waals surface area contributed by atoms with Crippen molar-refractivity contribution < 1.29 is 32.6 Å². The van der Waals surface area contributed by atoms with E-state index in [2.05, 4.69) is 10.9 Å². The minimum atomic E-state index is -4.42. The van der Waals surface area contributed by atoms with Gasteiger partial charge in [0.1, 0.15) is 11.6 Å². The Morgan fingerprint density at radius 2 is 1.88 bits per heavy atom. The monoisotopic (exact) mass is 376 g/mol. The molecule has 0 aromatic heterocycles. The van der Waals surface area contributed by atoms with Crippen molar-refractivity contribution in [2.24, 2.45) is 0 Å². The van der Waals surface area contributed by atoms with E-state index in [0.717, 1.165) is 12.1 Å². The van der Waals surface area contributed by atoms with Gasteiger partial charge in [-0.2, -0.15) is 13.2 Å². The second-order valence-corrected chi connectivity index (χ2v) is 6.75. The van der Waals surface area contributed by atoms with Crippen LogP contribution in [0.1, 0.15) is 44.7 Å². The summed E-state index contributed by atoms with van der Waals surface area (Å²) in [6, 6.07) is 3.80. The number of halogens is 3. The Bertz CT molecular complexity index is 627. The number of aliphatic carboxylic acids is 1. The van der Waals surface area contributed by atoms with Gasteiger partial charge >= 0.3 is 18.2 Å². The lowest BCUT2D eigenvalue weighted by Crippen LogP contribution is -2.49. The zero-order valence-electron chi connectivity index (χ0n) is 14.8. The molecule has 1 atom stereocenters. The third-order valence-electron chi connectivity index (χ3n) is 3.26. The first-order valence-electron chi connectivity index (χ1n) is 8.02. The number of amides is 1. The number of rotatable bonds is 7. The Morgan fingerprint density at radius 1 is 1.23 bits per heavy atom. The minimum absolute atomic E-state index is 0.112. The van der Waals surface area contributed by atoms with Gasteiger partial charge in [0.15, 0.2) is 0 Å². The molecule has 1 unspecified atom stereocenters. The molecule has 9 heteroatoms. The topological polar surface area (TPSA) is 87.7 Å². The quantitative estimate of drug-likeness (QED) is 0.634. The Kier molecular flexibility index (Phi) is 7.43. The minimum Gasteiger partial charge on any atom is -0.480 e. The highest BCUT2D eigenvalue weighted by Crippen LogP contribution is 2.29. The number of alkyl halides is 3. The summed E-state index contributed by atoms with van der Waals surface area (Å²) in [5, 5.41) is 9.16. The summed E-state index contributed by atoms with van der Waals surface area (Å²) in [6.45, 7) is 4.99. The molecule has 0 aliphatic heterocycles. The third-order valence-corrected chi connectivity index (χ3v) is 3.26. The van der Waals surface area contributed by atoms with Crippen LogP contribution in [0.25, 0.3) is 0 Å². The third kappa shape index (κ3) is 8.19. The zero-order chi connectivity index (χ0) is 20.0. The van der Waals surface area contributed by atoms with Crippen LogP contribution in [0.2, 0.25) is 0 Å². The van der Waals surface area contributed by atoms with Crippen LogP contribution in [0.5, 0.6) is 0 Å². The molecule has 0 aliphatic rings. The van der Waals surface area contributed by atoms with Crippen molar-refractivity contribution in [1.82, 2.24) is 10.9 Å². The number of ether oxygens (including phenoxy) is 1. The number of nitrogens with one attached hydrogen (secondary N) is 2. The summed E-state index contributed by atoms with van der Waals surface area (Å²) >= 11 is 0. The van der Waals surface area contributed by atoms with Crippen molar-refractivity contribution in [1.29, 1.82) is 0 Å². The molecule has 0 spiro atoms. The molecule has 1 amide bonds. The first-order valence-corrected chi connectivity index (χ1v) is 8.02. The zero-order valence-corrected chi connectivity index (χ0v) is 14.8. The van der Waals surface area contributed by atoms with Crippen molar-refractivity contribution >= 4 is 12.1 Å². The molecule has 1 aromatic carbocycles. The molecule has 0 saturated heterocycles. The lowest BCUT2D eigenvalue weighted by molar-refractivity contribution is -0.140. The maximum Gasteiger partial charge on any atom is 0.422 e. The van der Waals surface area contributed by atoms with Crippen LogP contribution in [0.4, 0.5) is 18.0 Å². The lowest BCUT2D eigenvalue weighted by atomic mass is 10.0. The molecular formula is C17H23F3N2O4. The second-order valence-electron chi connectivity index (χ2n) is 6.75. The summed E-state index contributed by atoms with van der Waals surface area (Å²) < 4.78 is 43.0. The lowest BCUT2D eigenvalue weighted by Gasteiger charge is -2.21. The SMILES string of the molecule is CC(C)(C)OC(=O)NNC(CCCc1cccc(C(F)(F)F)c1)C(=O)O. The van der Waals surface area contributed by atoms with Gasteiger partial charge in [0.05, 0.1) is 5.56 Å². The Hall–Kier alpha value is -2.29. The molecule has 26 heavy (non-hydrogen) atoms. The number of hydrazine groups is 1. The van der Waals surface area contributed by atoms with Crippen molar-refractivity contribution in [3.8, 4) is 0 Å². The molecule has 146 valence electrons. The van der Waals surface area contributed by atoms with Crippen molar-refractivity contribution in [2.45, 2.75) is 57.9 Å². The highest BCUT2D eigenvalue weighted by atomic mass is 19.4. The van der Waals surface area contributed by atoms with Crippen LogP contribution in [-0.4, -0.2) is 28.8 Å². The van der Waals surface area contributed by atoms with Crippen LogP contribution in [0.3, 0.4) is 0 Å². The summed E-state index contributed by atoms with van der Waals surface area (Å²) in [7, 11) is 0. The van der Waals surface area contributed by atoms with E-state index in [4.69, 9.17) is 9.84 Å². The largest absolute Gasteiger partial charge is 0.480 e. The van der Waals surface area contributed by atoms with Crippen LogP contribution in [0, 0.1) is 0 Å². The molecule has 1 aromatic rings. The van der Waals surface area contributed by atoms with Crippen LogP contribution < -0.4 is 10.9 Å². The molecule has 0 heterocycles. The summed E-state index contributed by atoms with van der Waals surface area (Å²) in [5.41, 5.74) is 3.51. The number of benzene rings is 1. The van der Waals surface area contributed by atoms with Gasteiger partial charge in [-0.25, -0.2) is 10.2 Å². The maximum absolute atomic E-state index is 12.7. The second kappa shape index (κ2) is 8.88. The Balaban J connectivity index is 2.52. The van der Waals surface area contributed by atoms with Gasteiger partial charge in [-0.3, -0.25) is 10.2 Å². The Labute approximate surface area is 149 Å². The van der Waals surface area contributed by atoms with Crippen LogP contribution in [-0.2, 0) is 22.1 Å². The van der Waals surface area contributed by atoms with E-state index in [1.54, 1.807) is 26.8 Å². The number of carboxylic acid groups (broad SMARTS) is 1. The number of carbonyl (C=O) groups excluding carboxylic acids is 1. The smallest absolute Gasteiger partial charge is 0.422 e. The van der Waals surface area contributed by atoms with E-state index >= 15 is 0 Å². The summed E-state index contributed by atoms with van der Waals surface area (Å²) in [4.78, 5) is 22.7. The predicted octanol–water partition coefficient (Wildman–Crippen LogP) is 3.51. The van der Waals surface area contributed by atoms with E-state index in [1.165, 1.54) is 6.07 Å². The van der Waals surface area contributed by atoms with Gasteiger partial charge in [0.2, 0.25) is 0 Å². The predicted molar refractivity (Wildman–Crippen MR) is 88.3 cm³/mol. The normalized spacial score (nSPS) is 13.2. The van der Waals surface area contributed by atoms with Crippen molar-refractivity contribution in [2.75, 3.05) is 0 Å².